The molecule has 1 fully saturated rings. The van der Waals surface area contributed by atoms with Crippen molar-refractivity contribution in [3.8, 4) is 0 Å². The Hall–Kier alpha value is -3.19. The summed E-state index contributed by atoms with van der Waals surface area (Å²) in [5.41, 5.74) is 2.38. The Labute approximate surface area is 186 Å². The fourth-order valence-corrected chi connectivity index (χ4v) is 4.84. The van der Waals surface area contributed by atoms with Crippen molar-refractivity contribution < 1.29 is 29.1 Å². The Morgan fingerprint density at radius 2 is 1.81 bits per heavy atom. The predicted octanol–water partition coefficient (Wildman–Crippen LogP) is 3.79. The Bertz CT molecular complexity index is 1090. The zero-order chi connectivity index (χ0) is 23.3. The lowest BCUT2D eigenvalue weighted by Gasteiger charge is -2.39. The maximum atomic E-state index is 13.1. The maximum absolute atomic E-state index is 13.1. The Morgan fingerprint density at radius 3 is 2.41 bits per heavy atom. The van der Waals surface area contributed by atoms with Crippen molar-refractivity contribution in [1.29, 1.82) is 0 Å². The number of allylic oxidation sites excluding steroid dienone is 2. The molecule has 0 unspecified atom stereocenters. The quantitative estimate of drug-likeness (QED) is 0.721. The molecule has 7 nitrogen and oxygen atoms in total. The molecule has 0 aromatic heterocycles. The van der Waals surface area contributed by atoms with Gasteiger partial charge in [0.25, 0.3) is 0 Å². The van der Waals surface area contributed by atoms with Gasteiger partial charge >= 0.3 is 12.1 Å². The lowest BCUT2D eigenvalue weighted by atomic mass is 9.67. The molecule has 32 heavy (non-hydrogen) atoms. The Balaban J connectivity index is 1.60. The lowest BCUT2D eigenvalue weighted by Crippen LogP contribution is -2.49. The first-order chi connectivity index (χ1) is 15.1. The third-order valence-electron chi connectivity index (χ3n) is 6.82. The molecule has 0 aliphatic heterocycles. The molecule has 1 amide bonds. The van der Waals surface area contributed by atoms with Gasteiger partial charge in [-0.25, -0.2) is 4.79 Å². The van der Waals surface area contributed by atoms with Gasteiger partial charge in [0.1, 0.15) is 12.2 Å². The van der Waals surface area contributed by atoms with E-state index in [0.717, 1.165) is 40.2 Å². The Morgan fingerprint density at radius 1 is 1.16 bits per heavy atom. The lowest BCUT2D eigenvalue weighted by molar-refractivity contribution is -0.177. The molecule has 0 saturated heterocycles. The third-order valence-corrected chi connectivity index (χ3v) is 6.82. The number of amides is 1. The Kier molecular flexibility index (Phi) is 5.33. The molecule has 1 aromatic carbocycles. The van der Waals surface area contributed by atoms with E-state index in [9.17, 15) is 19.5 Å². The van der Waals surface area contributed by atoms with E-state index in [-0.39, 0.29) is 18.9 Å². The number of rotatable bonds is 4. The third kappa shape index (κ3) is 3.46. The fourth-order valence-electron chi connectivity index (χ4n) is 4.84. The van der Waals surface area contributed by atoms with E-state index >= 15 is 0 Å². The first-order valence-electron chi connectivity index (χ1n) is 10.7. The molecule has 1 N–H and O–H groups in total. The number of Topliss-reactive ketones (excluding diaryl/α,β-unsaturated/α-hetero) is 1. The largest absolute Gasteiger partial charge is 0.443 e. The second-order valence-corrected chi connectivity index (χ2v) is 8.86. The van der Waals surface area contributed by atoms with E-state index < -0.39 is 23.1 Å². The van der Waals surface area contributed by atoms with Crippen molar-refractivity contribution in [2.24, 2.45) is 5.41 Å². The van der Waals surface area contributed by atoms with Gasteiger partial charge in [0.05, 0.1) is 6.54 Å². The standard InChI is InChI=1S/C25H27NO6/c1-15-12-19-21(16(2)25(10-11-25)24(4,30)22(19)28)20(15)13-26(32-17(3)27)23(29)31-14-18-8-6-5-7-9-18/h5-9,12,30H,10-11,13-14H2,1-4H3/t24-/m0/s1. The summed E-state index contributed by atoms with van der Waals surface area (Å²) < 4.78 is 5.35. The van der Waals surface area contributed by atoms with Gasteiger partial charge in [0.2, 0.25) is 0 Å². The second-order valence-electron chi connectivity index (χ2n) is 8.86. The predicted molar refractivity (Wildman–Crippen MR) is 116 cm³/mol. The summed E-state index contributed by atoms with van der Waals surface area (Å²) in [6, 6.07) is 9.19. The fraction of sp³-hybridized carbons (Fsp3) is 0.400. The van der Waals surface area contributed by atoms with Crippen LogP contribution in [-0.2, 0) is 25.8 Å². The van der Waals surface area contributed by atoms with E-state index in [0.29, 0.717) is 11.1 Å². The van der Waals surface area contributed by atoms with Crippen molar-refractivity contribution in [2.75, 3.05) is 6.54 Å². The summed E-state index contributed by atoms with van der Waals surface area (Å²) in [7, 11) is 0. The first kappa shape index (κ1) is 22.0. The molecule has 1 saturated carbocycles. The summed E-state index contributed by atoms with van der Waals surface area (Å²) in [6.07, 6.45) is 2.40. The zero-order valence-corrected chi connectivity index (χ0v) is 18.7. The molecule has 7 heteroatoms. The number of carbonyl (C=O) groups is 3. The van der Waals surface area contributed by atoms with Gasteiger partial charge in [0.15, 0.2) is 5.78 Å². The van der Waals surface area contributed by atoms with Crippen LogP contribution in [0.3, 0.4) is 0 Å². The van der Waals surface area contributed by atoms with E-state index in [1.807, 2.05) is 44.2 Å². The minimum Gasteiger partial charge on any atom is -0.442 e. The van der Waals surface area contributed by atoms with Crippen LogP contribution in [0, 0.1) is 5.41 Å². The van der Waals surface area contributed by atoms with E-state index in [4.69, 9.17) is 9.57 Å². The maximum Gasteiger partial charge on any atom is 0.443 e. The molecule has 1 aromatic rings. The molecule has 1 spiro atoms. The summed E-state index contributed by atoms with van der Waals surface area (Å²) in [5, 5.41) is 11.9. The van der Waals surface area contributed by atoms with Crippen LogP contribution in [0.4, 0.5) is 4.79 Å². The molecular weight excluding hydrogens is 410 g/mol. The van der Waals surface area contributed by atoms with Crippen LogP contribution < -0.4 is 0 Å². The van der Waals surface area contributed by atoms with Crippen molar-refractivity contribution in [2.45, 2.75) is 52.7 Å². The van der Waals surface area contributed by atoms with Gasteiger partial charge in [-0.15, -0.1) is 5.06 Å². The molecule has 0 radical (unpaired) electrons. The highest BCUT2D eigenvalue weighted by atomic mass is 16.7. The highest BCUT2D eigenvalue weighted by Crippen LogP contribution is 2.64. The van der Waals surface area contributed by atoms with Crippen molar-refractivity contribution in [3.63, 3.8) is 0 Å². The number of ketones is 1. The number of carbonyl (C=O) groups excluding carboxylic acids is 3. The number of hydrogen-bond donors (Lipinski definition) is 1. The minimum absolute atomic E-state index is 0.0329. The highest BCUT2D eigenvalue weighted by molar-refractivity contribution is 6.10. The molecule has 0 heterocycles. The summed E-state index contributed by atoms with van der Waals surface area (Å²) in [5.74, 6) is -0.964. The van der Waals surface area contributed by atoms with Crippen molar-refractivity contribution in [1.82, 2.24) is 5.06 Å². The van der Waals surface area contributed by atoms with Gasteiger partial charge in [-0.05, 0) is 62.0 Å². The molecule has 1 atom stereocenters. The number of hydrogen-bond acceptors (Lipinski definition) is 6. The molecule has 3 aliphatic carbocycles. The first-order valence-corrected chi connectivity index (χ1v) is 10.7. The average Bonchev–Trinajstić information content (AvgIpc) is 3.51. The van der Waals surface area contributed by atoms with E-state index in [1.54, 1.807) is 13.0 Å². The highest BCUT2D eigenvalue weighted by Gasteiger charge is 2.65. The zero-order valence-electron chi connectivity index (χ0n) is 18.7. The average molecular weight is 437 g/mol. The normalized spacial score (nSPS) is 23.2. The van der Waals surface area contributed by atoms with Gasteiger partial charge in [-0.2, -0.15) is 0 Å². The number of benzene rings is 1. The number of aliphatic hydroxyl groups is 1. The molecule has 0 bridgehead atoms. The minimum atomic E-state index is -1.45. The number of hydroxylamine groups is 2. The second kappa shape index (κ2) is 7.74. The summed E-state index contributed by atoms with van der Waals surface area (Å²) in [4.78, 5) is 42.7. The van der Waals surface area contributed by atoms with Gasteiger partial charge < -0.3 is 14.7 Å². The van der Waals surface area contributed by atoms with Crippen LogP contribution in [0.1, 0.15) is 46.1 Å². The summed E-state index contributed by atoms with van der Waals surface area (Å²) >= 11 is 0. The summed E-state index contributed by atoms with van der Waals surface area (Å²) in [6.45, 7) is 6.54. The number of nitrogens with zero attached hydrogens (tertiary/aromatic N) is 1. The molecular formula is C25H27NO6. The SMILES string of the molecule is CC(=O)ON(CC1=C(C)C=C2C(=O)[C@](C)(O)C3(CC3)C(C)=C21)C(=O)OCc1ccccc1. The molecule has 168 valence electrons. The van der Waals surface area contributed by atoms with Crippen molar-refractivity contribution >= 4 is 17.8 Å². The topological polar surface area (TPSA) is 93.1 Å². The van der Waals surface area contributed by atoms with Crippen LogP contribution in [0.2, 0.25) is 0 Å². The van der Waals surface area contributed by atoms with Gasteiger partial charge in [-0.3, -0.25) is 9.59 Å². The van der Waals surface area contributed by atoms with Crippen molar-refractivity contribution in [3.05, 3.63) is 69.8 Å². The van der Waals surface area contributed by atoms with Crippen LogP contribution >= 0.6 is 0 Å². The van der Waals surface area contributed by atoms with E-state index in [1.165, 1.54) is 6.92 Å². The number of ether oxygens (including phenoxy) is 1. The van der Waals surface area contributed by atoms with Crippen LogP contribution in [0.15, 0.2) is 64.3 Å². The molecule has 3 aliphatic rings. The van der Waals surface area contributed by atoms with Crippen LogP contribution in [-0.4, -0.2) is 40.2 Å². The number of fused-ring (bicyclic) bond motifs is 1. The smallest absolute Gasteiger partial charge is 0.442 e. The van der Waals surface area contributed by atoms with E-state index in [2.05, 4.69) is 0 Å². The van der Waals surface area contributed by atoms with Crippen LogP contribution in [0.25, 0.3) is 0 Å². The van der Waals surface area contributed by atoms with Crippen LogP contribution in [0.5, 0.6) is 0 Å². The monoisotopic (exact) mass is 437 g/mol. The molecule has 4 rings (SSSR count). The van der Waals surface area contributed by atoms with Gasteiger partial charge in [0, 0.05) is 17.9 Å². The van der Waals surface area contributed by atoms with Gasteiger partial charge in [-0.1, -0.05) is 35.9 Å².